The molecule has 2 unspecified atom stereocenters. The third-order valence-electron chi connectivity index (χ3n) is 7.22. The fraction of sp³-hybridized carbons (Fsp3) is 0.233. The van der Waals surface area contributed by atoms with Gasteiger partial charge in [0.2, 0.25) is 11.8 Å². The molecule has 0 spiro atoms. The van der Waals surface area contributed by atoms with Gasteiger partial charge in [0.25, 0.3) is 5.91 Å². The van der Waals surface area contributed by atoms with Gasteiger partial charge in [-0.15, -0.1) is 0 Å². The van der Waals surface area contributed by atoms with Crippen LogP contribution in [0.2, 0.25) is 0 Å². The number of allylic oxidation sites excluding steroid dienone is 1. The zero-order valence-corrected chi connectivity index (χ0v) is 23.6. The molecular formula is C30H30FN9O3. The Morgan fingerprint density at radius 1 is 1.19 bits per heavy atom. The molecule has 4 aromatic rings. The minimum atomic E-state index is -1.38. The Morgan fingerprint density at radius 2 is 1.98 bits per heavy atom. The van der Waals surface area contributed by atoms with Crippen molar-refractivity contribution in [2.24, 2.45) is 16.0 Å². The molecule has 0 radical (unpaired) electrons. The summed E-state index contributed by atoms with van der Waals surface area (Å²) in [5.41, 5.74) is 9.54. The van der Waals surface area contributed by atoms with E-state index in [0.29, 0.717) is 22.3 Å². The van der Waals surface area contributed by atoms with Gasteiger partial charge in [-0.1, -0.05) is 24.8 Å². The number of halogens is 1. The molecule has 13 heteroatoms. The van der Waals surface area contributed by atoms with Crippen LogP contribution in [0.5, 0.6) is 0 Å². The first-order valence-electron chi connectivity index (χ1n) is 13.5. The number of carbonyl (C=O) groups excluding carboxylic acids is 3. The molecule has 2 aromatic carbocycles. The van der Waals surface area contributed by atoms with Crippen LogP contribution < -0.4 is 11.1 Å². The summed E-state index contributed by atoms with van der Waals surface area (Å²) >= 11 is 0. The minimum Gasteiger partial charge on any atom is -0.364 e. The molecule has 5 rings (SSSR count). The number of alkyl halides is 1. The van der Waals surface area contributed by atoms with Crippen LogP contribution in [0.1, 0.15) is 35.1 Å². The van der Waals surface area contributed by atoms with Gasteiger partial charge in [0.1, 0.15) is 18.8 Å². The van der Waals surface area contributed by atoms with E-state index in [0.717, 1.165) is 16.8 Å². The van der Waals surface area contributed by atoms with Crippen molar-refractivity contribution < 1.29 is 18.8 Å². The van der Waals surface area contributed by atoms with Crippen LogP contribution in [0.15, 0.2) is 83.9 Å². The van der Waals surface area contributed by atoms with Crippen molar-refractivity contribution in [1.82, 2.24) is 24.5 Å². The second kappa shape index (κ2) is 12.2. The van der Waals surface area contributed by atoms with Gasteiger partial charge in [-0.25, -0.2) is 9.07 Å². The summed E-state index contributed by atoms with van der Waals surface area (Å²) in [6.45, 7) is 6.61. The predicted octanol–water partition coefficient (Wildman–Crippen LogP) is 4.16. The largest absolute Gasteiger partial charge is 0.364 e. The molecule has 43 heavy (non-hydrogen) atoms. The molecule has 3 amide bonds. The van der Waals surface area contributed by atoms with E-state index in [2.05, 4.69) is 32.3 Å². The van der Waals surface area contributed by atoms with Crippen molar-refractivity contribution in [2.45, 2.75) is 39.0 Å². The number of para-hydroxylation sites is 2. The number of hydrogen-bond acceptors (Lipinski definition) is 7. The molecule has 2 atom stereocenters. The van der Waals surface area contributed by atoms with E-state index >= 15 is 0 Å². The van der Waals surface area contributed by atoms with Gasteiger partial charge in [0.15, 0.2) is 5.69 Å². The highest BCUT2D eigenvalue weighted by Crippen LogP contribution is 2.27. The lowest BCUT2D eigenvalue weighted by molar-refractivity contribution is -0.137. The Morgan fingerprint density at radius 3 is 2.70 bits per heavy atom. The van der Waals surface area contributed by atoms with Gasteiger partial charge < -0.3 is 16.0 Å². The highest BCUT2D eigenvalue weighted by atomic mass is 19.1. The van der Waals surface area contributed by atoms with Crippen LogP contribution >= 0.6 is 0 Å². The topological polar surface area (TPSA) is 153 Å². The number of nitrogens with two attached hydrogens (primary N) is 1. The van der Waals surface area contributed by atoms with Gasteiger partial charge in [0, 0.05) is 29.9 Å². The number of aromatic nitrogens is 4. The Kier molecular flexibility index (Phi) is 8.23. The lowest BCUT2D eigenvalue weighted by atomic mass is 10.0. The van der Waals surface area contributed by atoms with Crippen molar-refractivity contribution in [3.63, 3.8) is 0 Å². The number of nitrogens with one attached hydrogen (secondary N) is 1. The summed E-state index contributed by atoms with van der Waals surface area (Å²) in [4.78, 5) is 40.4. The number of anilines is 1. The minimum absolute atomic E-state index is 0.0187. The van der Waals surface area contributed by atoms with Crippen LogP contribution in [0.25, 0.3) is 22.2 Å². The smallest absolute Gasteiger partial charge is 0.269 e. The number of fused-ring (bicyclic) bond motifs is 1. The van der Waals surface area contributed by atoms with Gasteiger partial charge in [-0.2, -0.15) is 20.4 Å². The molecule has 12 nitrogen and oxygen atoms in total. The first-order chi connectivity index (χ1) is 20.7. The van der Waals surface area contributed by atoms with Crippen molar-refractivity contribution in [3.8, 4) is 5.69 Å². The fourth-order valence-corrected chi connectivity index (χ4v) is 5.10. The highest BCUT2D eigenvalue weighted by Gasteiger charge is 2.40. The standard InChI is InChI=1S/C30H30FN9O3/c1-4-33-34-15-18(2)20-9-10-24-22(13-20)28(29(32)42)37-39(24)17-27(41)38-16-21(31)14-26(38)30(43)36-23-7-5-6-8-25(23)40-19(3)11-12-35-40/h4-13,15,21,26H,1,14,16-17H2,2-3H3,(H2,32,42)(H,36,43)/b18-15+,34-33-. The van der Waals surface area contributed by atoms with Gasteiger partial charge in [-0.05, 0) is 55.3 Å². The molecule has 1 aliphatic heterocycles. The van der Waals surface area contributed by atoms with Gasteiger partial charge in [-0.3, -0.25) is 19.1 Å². The molecule has 220 valence electrons. The predicted molar refractivity (Wildman–Crippen MR) is 159 cm³/mol. The van der Waals surface area contributed by atoms with E-state index in [1.165, 1.54) is 15.8 Å². The number of amides is 3. The molecule has 1 saturated heterocycles. The van der Waals surface area contributed by atoms with Crippen LogP contribution in [0.3, 0.4) is 0 Å². The first-order valence-corrected chi connectivity index (χ1v) is 13.5. The fourth-order valence-electron chi connectivity index (χ4n) is 5.10. The zero-order chi connectivity index (χ0) is 30.7. The monoisotopic (exact) mass is 583 g/mol. The number of nitrogens with zero attached hydrogens (tertiary/aromatic N) is 7. The zero-order valence-electron chi connectivity index (χ0n) is 23.6. The first kappa shape index (κ1) is 29.0. The van der Waals surface area contributed by atoms with Crippen LogP contribution in [0.4, 0.5) is 10.1 Å². The Bertz CT molecular complexity index is 1790. The number of rotatable bonds is 9. The second-order valence-corrected chi connectivity index (χ2v) is 10.1. The number of azo groups is 1. The lowest BCUT2D eigenvalue weighted by Gasteiger charge is -2.24. The van der Waals surface area contributed by atoms with E-state index in [1.807, 2.05) is 26.0 Å². The third kappa shape index (κ3) is 5.96. The summed E-state index contributed by atoms with van der Waals surface area (Å²) in [7, 11) is 0. The Hall–Kier alpha value is -5.46. The lowest BCUT2D eigenvalue weighted by Crippen LogP contribution is -2.44. The summed E-state index contributed by atoms with van der Waals surface area (Å²) < 4.78 is 17.7. The van der Waals surface area contributed by atoms with Crippen LogP contribution in [-0.4, -0.2) is 60.9 Å². The van der Waals surface area contributed by atoms with Crippen molar-refractivity contribution in [2.75, 3.05) is 11.9 Å². The SMILES string of the molecule is C=C/N=N\C=C(/C)c1ccc2c(c1)c(C(N)=O)nn2CC(=O)N1CC(F)CC1C(=O)Nc1ccccc1-n1nccc1C. The Balaban J connectivity index is 1.39. The van der Waals surface area contributed by atoms with Crippen LogP contribution in [-0.2, 0) is 16.1 Å². The number of benzene rings is 2. The van der Waals surface area contributed by atoms with Gasteiger partial charge >= 0.3 is 0 Å². The summed E-state index contributed by atoms with van der Waals surface area (Å²) in [5.74, 6) is -1.81. The quantitative estimate of drug-likeness (QED) is 0.283. The number of hydrogen-bond donors (Lipinski definition) is 2. The molecule has 1 fully saturated rings. The summed E-state index contributed by atoms with van der Waals surface area (Å²) in [6.07, 6.45) is 2.97. The highest BCUT2D eigenvalue weighted by molar-refractivity contribution is 6.05. The van der Waals surface area contributed by atoms with E-state index in [-0.39, 0.29) is 25.2 Å². The Labute approximate surface area is 246 Å². The maximum atomic E-state index is 14.7. The average molecular weight is 584 g/mol. The van der Waals surface area contributed by atoms with E-state index < -0.39 is 29.9 Å². The number of primary amides is 1. The molecule has 0 bridgehead atoms. The van der Waals surface area contributed by atoms with Crippen LogP contribution in [0, 0.1) is 6.92 Å². The molecule has 0 saturated carbocycles. The van der Waals surface area contributed by atoms with E-state index in [1.54, 1.807) is 53.5 Å². The normalized spacial score (nSPS) is 17.1. The summed E-state index contributed by atoms with van der Waals surface area (Å²) in [6, 6.07) is 13.1. The molecular weight excluding hydrogens is 553 g/mol. The second-order valence-electron chi connectivity index (χ2n) is 10.1. The third-order valence-corrected chi connectivity index (χ3v) is 7.22. The van der Waals surface area contributed by atoms with Crippen molar-refractivity contribution >= 4 is 39.9 Å². The number of carbonyl (C=O) groups is 3. The summed E-state index contributed by atoms with van der Waals surface area (Å²) in [5, 5.41) is 19.5. The van der Waals surface area contributed by atoms with E-state index in [9.17, 15) is 18.8 Å². The van der Waals surface area contributed by atoms with Gasteiger partial charge in [0.05, 0.1) is 29.6 Å². The van der Waals surface area contributed by atoms with E-state index in [4.69, 9.17) is 5.73 Å². The maximum Gasteiger partial charge on any atom is 0.269 e. The molecule has 0 aliphatic carbocycles. The molecule has 1 aliphatic rings. The molecule has 2 aromatic heterocycles. The average Bonchev–Trinajstić information content (AvgIpc) is 3.70. The maximum absolute atomic E-state index is 14.7. The van der Waals surface area contributed by atoms with Crippen molar-refractivity contribution in [1.29, 1.82) is 0 Å². The number of aryl methyl sites for hydroxylation is 1. The molecule has 3 N–H and O–H groups in total. The van der Waals surface area contributed by atoms with Crippen molar-refractivity contribution in [3.05, 3.63) is 90.7 Å². The number of likely N-dealkylation sites (tertiary alicyclic amines) is 1. The molecule has 3 heterocycles.